The highest BCUT2D eigenvalue weighted by Crippen LogP contribution is 2.39. The number of fused-ring (bicyclic) bond motifs is 2. The first kappa shape index (κ1) is 15.8. The molecule has 6 heteroatoms. The average molecular weight is 346 g/mol. The van der Waals surface area contributed by atoms with Crippen LogP contribution < -0.4 is 9.47 Å². The summed E-state index contributed by atoms with van der Waals surface area (Å²) in [4.78, 5) is 15.3. The fraction of sp³-hybridized carbons (Fsp3) is 0.0500. The van der Waals surface area contributed by atoms with Crippen molar-refractivity contribution >= 4 is 27.5 Å². The van der Waals surface area contributed by atoms with Gasteiger partial charge < -0.3 is 9.47 Å². The summed E-state index contributed by atoms with van der Waals surface area (Å²) in [6.07, 6.45) is 0. The maximum absolute atomic E-state index is 11.1. The maximum Gasteiger partial charge on any atom is 0.271 e. The molecule has 0 bridgehead atoms. The molecular formula is C20H14N2O4. The van der Waals surface area contributed by atoms with E-state index in [0.717, 1.165) is 5.39 Å². The zero-order valence-electron chi connectivity index (χ0n) is 13.9. The Labute approximate surface area is 148 Å². The lowest BCUT2D eigenvalue weighted by Gasteiger charge is -2.13. The molecule has 0 amide bonds. The van der Waals surface area contributed by atoms with E-state index < -0.39 is 4.92 Å². The molecule has 0 atom stereocenters. The molecule has 0 aliphatic heterocycles. The van der Waals surface area contributed by atoms with Gasteiger partial charge in [0.1, 0.15) is 22.8 Å². The molecule has 26 heavy (non-hydrogen) atoms. The molecule has 0 fully saturated rings. The molecule has 0 saturated heterocycles. The van der Waals surface area contributed by atoms with E-state index in [1.54, 1.807) is 19.2 Å². The monoisotopic (exact) mass is 346 g/mol. The van der Waals surface area contributed by atoms with Crippen LogP contribution in [0.3, 0.4) is 0 Å². The lowest BCUT2D eigenvalue weighted by Crippen LogP contribution is -1.95. The number of nitrogens with zero attached hydrogens (tertiary/aromatic N) is 2. The standard InChI is InChI=1S/C20H14N2O4/c1-25-18-9-5-8-16-19(18)21-17-12-13(22(23)24)10-11-15(17)20(16)26-14-6-3-2-4-7-14/h2-12H,1H3. The summed E-state index contributed by atoms with van der Waals surface area (Å²) in [5.74, 6) is 1.83. The normalized spacial score (nSPS) is 10.8. The number of non-ortho nitro benzene ring substituents is 1. The van der Waals surface area contributed by atoms with Gasteiger partial charge in [-0.3, -0.25) is 10.1 Å². The van der Waals surface area contributed by atoms with E-state index in [9.17, 15) is 10.1 Å². The van der Waals surface area contributed by atoms with Gasteiger partial charge in [-0.15, -0.1) is 0 Å². The van der Waals surface area contributed by atoms with Gasteiger partial charge >= 0.3 is 0 Å². The van der Waals surface area contributed by atoms with Crippen LogP contribution in [0.25, 0.3) is 21.8 Å². The van der Waals surface area contributed by atoms with Crippen molar-refractivity contribution in [1.82, 2.24) is 4.98 Å². The minimum Gasteiger partial charge on any atom is -0.494 e. The summed E-state index contributed by atoms with van der Waals surface area (Å²) in [5.41, 5.74) is 1.04. The number of nitro groups is 1. The maximum atomic E-state index is 11.1. The van der Waals surface area contributed by atoms with Crippen molar-refractivity contribution in [1.29, 1.82) is 0 Å². The first-order chi connectivity index (χ1) is 12.7. The zero-order valence-corrected chi connectivity index (χ0v) is 13.9. The molecule has 0 spiro atoms. The minimum atomic E-state index is -0.439. The number of para-hydroxylation sites is 2. The Balaban J connectivity index is 2.05. The summed E-state index contributed by atoms with van der Waals surface area (Å²) in [6.45, 7) is 0. The molecule has 0 radical (unpaired) electrons. The van der Waals surface area contributed by atoms with Crippen molar-refractivity contribution < 1.29 is 14.4 Å². The molecule has 3 aromatic carbocycles. The van der Waals surface area contributed by atoms with E-state index in [1.807, 2.05) is 42.5 Å². The van der Waals surface area contributed by atoms with E-state index in [2.05, 4.69) is 4.98 Å². The third-order valence-electron chi connectivity index (χ3n) is 4.10. The Bertz CT molecular complexity index is 1130. The Morgan fingerprint density at radius 2 is 1.77 bits per heavy atom. The summed E-state index contributed by atoms with van der Waals surface area (Å²) in [7, 11) is 1.56. The molecule has 0 aliphatic carbocycles. The van der Waals surface area contributed by atoms with Crippen molar-refractivity contribution in [2.24, 2.45) is 0 Å². The van der Waals surface area contributed by atoms with Crippen molar-refractivity contribution in [2.45, 2.75) is 0 Å². The Hall–Kier alpha value is -3.67. The Kier molecular flexibility index (Phi) is 3.85. The average Bonchev–Trinajstić information content (AvgIpc) is 2.67. The quantitative estimate of drug-likeness (QED) is 0.292. The largest absolute Gasteiger partial charge is 0.494 e. The van der Waals surface area contributed by atoms with Crippen LogP contribution in [0.4, 0.5) is 5.69 Å². The Morgan fingerprint density at radius 3 is 2.50 bits per heavy atom. The summed E-state index contributed by atoms with van der Waals surface area (Å²) < 4.78 is 11.5. The highest BCUT2D eigenvalue weighted by atomic mass is 16.6. The molecule has 0 unspecified atom stereocenters. The van der Waals surface area contributed by atoms with Crippen molar-refractivity contribution in [2.75, 3.05) is 7.11 Å². The van der Waals surface area contributed by atoms with Crippen LogP contribution in [-0.2, 0) is 0 Å². The molecule has 6 nitrogen and oxygen atoms in total. The van der Waals surface area contributed by atoms with Gasteiger partial charge in [-0.25, -0.2) is 4.98 Å². The summed E-state index contributed by atoms with van der Waals surface area (Å²) in [5, 5.41) is 12.6. The first-order valence-corrected chi connectivity index (χ1v) is 7.95. The van der Waals surface area contributed by atoms with E-state index in [4.69, 9.17) is 9.47 Å². The molecule has 0 aliphatic rings. The van der Waals surface area contributed by atoms with Crippen LogP contribution in [0.15, 0.2) is 66.7 Å². The van der Waals surface area contributed by atoms with Gasteiger partial charge in [-0.05, 0) is 30.3 Å². The lowest BCUT2D eigenvalue weighted by molar-refractivity contribution is -0.384. The fourth-order valence-electron chi connectivity index (χ4n) is 2.89. The van der Waals surface area contributed by atoms with E-state index in [0.29, 0.717) is 33.7 Å². The summed E-state index contributed by atoms with van der Waals surface area (Å²) >= 11 is 0. The highest BCUT2D eigenvalue weighted by molar-refractivity contribution is 6.03. The first-order valence-electron chi connectivity index (χ1n) is 7.95. The van der Waals surface area contributed by atoms with Crippen LogP contribution in [0.5, 0.6) is 17.2 Å². The van der Waals surface area contributed by atoms with Gasteiger partial charge in [-0.2, -0.15) is 0 Å². The second-order valence-corrected chi connectivity index (χ2v) is 5.67. The van der Waals surface area contributed by atoms with Crippen molar-refractivity contribution in [3.05, 3.63) is 76.8 Å². The molecule has 4 rings (SSSR count). The highest BCUT2D eigenvalue weighted by Gasteiger charge is 2.17. The third kappa shape index (κ3) is 2.67. The van der Waals surface area contributed by atoms with Crippen LogP contribution in [0.1, 0.15) is 0 Å². The zero-order chi connectivity index (χ0) is 18.1. The number of methoxy groups -OCH3 is 1. The van der Waals surface area contributed by atoms with Gasteiger partial charge in [-0.1, -0.05) is 24.3 Å². The van der Waals surface area contributed by atoms with E-state index >= 15 is 0 Å². The number of rotatable bonds is 4. The van der Waals surface area contributed by atoms with Crippen molar-refractivity contribution in [3.63, 3.8) is 0 Å². The summed E-state index contributed by atoms with van der Waals surface area (Å²) in [6, 6.07) is 19.5. The Morgan fingerprint density at radius 1 is 0.962 bits per heavy atom. The predicted molar refractivity (Wildman–Crippen MR) is 99.0 cm³/mol. The minimum absolute atomic E-state index is 0.0232. The molecule has 1 heterocycles. The van der Waals surface area contributed by atoms with Gasteiger partial charge in [0.2, 0.25) is 0 Å². The van der Waals surface area contributed by atoms with Gasteiger partial charge in [0.25, 0.3) is 5.69 Å². The van der Waals surface area contributed by atoms with E-state index in [-0.39, 0.29) is 5.69 Å². The van der Waals surface area contributed by atoms with E-state index in [1.165, 1.54) is 12.1 Å². The van der Waals surface area contributed by atoms with Gasteiger partial charge in [0.05, 0.1) is 17.5 Å². The number of ether oxygens (including phenoxy) is 2. The second-order valence-electron chi connectivity index (χ2n) is 5.67. The number of nitro benzene ring substituents is 1. The third-order valence-corrected chi connectivity index (χ3v) is 4.10. The molecular weight excluding hydrogens is 332 g/mol. The molecule has 0 saturated carbocycles. The number of aromatic nitrogens is 1. The van der Waals surface area contributed by atoms with Crippen LogP contribution in [-0.4, -0.2) is 17.0 Å². The molecule has 128 valence electrons. The predicted octanol–water partition coefficient (Wildman–Crippen LogP) is 5.10. The van der Waals surface area contributed by atoms with Gasteiger partial charge in [0, 0.05) is 22.9 Å². The van der Waals surface area contributed by atoms with Gasteiger partial charge in [0.15, 0.2) is 0 Å². The number of benzene rings is 3. The number of hydrogen-bond donors (Lipinski definition) is 0. The second kappa shape index (κ2) is 6.33. The topological polar surface area (TPSA) is 74.5 Å². The lowest BCUT2D eigenvalue weighted by atomic mass is 10.1. The molecule has 0 N–H and O–H groups in total. The van der Waals surface area contributed by atoms with Crippen molar-refractivity contribution in [3.8, 4) is 17.2 Å². The van der Waals surface area contributed by atoms with Crippen LogP contribution in [0.2, 0.25) is 0 Å². The number of pyridine rings is 1. The van der Waals surface area contributed by atoms with Crippen LogP contribution >= 0.6 is 0 Å². The fourth-order valence-corrected chi connectivity index (χ4v) is 2.89. The molecule has 4 aromatic rings. The number of hydrogen-bond acceptors (Lipinski definition) is 5. The molecule has 1 aromatic heterocycles. The SMILES string of the molecule is COc1cccc2c(Oc3ccccc3)c3ccc([N+](=O)[O-])cc3nc12. The van der Waals surface area contributed by atoms with Crippen LogP contribution in [0, 0.1) is 10.1 Å². The smallest absolute Gasteiger partial charge is 0.271 e.